The van der Waals surface area contributed by atoms with Crippen LogP contribution in [0.5, 0.6) is 0 Å². The van der Waals surface area contributed by atoms with Gasteiger partial charge in [-0.25, -0.2) is 18.7 Å². The Kier molecular flexibility index (Phi) is 6.06. The molecule has 0 radical (unpaired) electrons. The quantitative estimate of drug-likeness (QED) is 0.653. The number of benzene rings is 1. The number of aliphatic imine (C=N–C) groups is 1. The average molecular weight is 423 g/mol. The summed E-state index contributed by atoms with van der Waals surface area (Å²) >= 11 is 1.74. The van der Waals surface area contributed by atoms with Crippen LogP contribution in [-0.4, -0.2) is 28.1 Å². The Morgan fingerprint density at radius 3 is 2.77 bits per heavy atom. The molecule has 0 bridgehead atoms. The lowest BCUT2D eigenvalue weighted by atomic mass is 9.66. The first-order chi connectivity index (χ1) is 14.5. The highest BCUT2D eigenvalue weighted by atomic mass is 32.2. The molecule has 2 heterocycles. The molecular weight excluding hydrogens is 395 g/mol. The van der Waals surface area contributed by atoms with E-state index in [-0.39, 0.29) is 11.2 Å². The summed E-state index contributed by atoms with van der Waals surface area (Å²) in [7, 11) is 0. The van der Waals surface area contributed by atoms with Gasteiger partial charge in [0.1, 0.15) is 10.8 Å². The molecule has 1 aromatic carbocycles. The molecule has 1 saturated heterocycles. The highest BCUT2D eigenvalue weighted by Crippen LogP contribution is 2.48. The number of halogens is 1. The Hall–Kier alpha value is -2.44. The zero-order chi connectivity index (χ0) is 21.1. The van der Waals surface area contributed by atoms with Gasteiger partial charge < -0.3 is 5.73 Å². The molecule has 4 nitrogen and oxygen atoms in total. The van der Waals surface area contributed by atoms with Crippen molar-refractivity contribution in [1.29, 1.82) is 0 Å². The Labute approximate surface area is 181 Å². The van der Waals surface area contributed by atoms with E-state index in [0.717, 1.165) is 60.0 Å². The molecule has 0 spiro atoms. The number of rotatable bonds is 4. The van der Waals surface area contributed by atoms with Crippen LogP contribution >= 0.6 is 11.9 Å². The molecular formula is C24H27FN4S. The molecule has 6 heteroatoms. The Bertz CT molecular complexity index is 1010. The highest BCUT2D eigenvalue weighted by molar-refractivity contribution is 7.97. The lowest BCUT2D eigenvalue weighted by Crippen LogP contribution is -2.44. The van der Waals surface area contributed by atoms with Gasteiger partial charge in [-0.1, -0.05) is 18.6 Å². The van der Waals surface area contributed by atoms with Crippen molar-refractivity contribution in [3.63, 3.8) is 0 Å². The van der Waals surface area contributed by atoms with Crippen LogP contribution in [0.15, 0.2) is 75.9 Å². The first kappa shape index (κ1) is 20.8. The molecule has 2 aromatic rings. The molecule has 30 heavy (non-hydrogen) atoms. The van der Waals surface area contributed by atoms with Crippen molar-refractivity contribution < 1.29 is 4.39 Å². The van der Waals surface area contributed by atoms with Gasteiger partial charge in [0.15, 0.2) is 0 Å². The van der Waals surface area contributed by atoms with Gasteiger partial charge in [0.2, 0.25) is 0 Å². The summed E-state index contributed by atoms with van der Waals surface area (Å²) in [5.74, 6) is -0.256. The number of hydrogen-bond donors (Lipinski definition) is 1. The Morgan fingerprint density at radius 2 is 2.07 bits per heavy atom. The van der Waals surface area contributed by atoms with Crippen molar-refractivity contribution in [2.45, 2.75) is 38.1 Å². The maximum absolute atomic E-state index is 13.2. The number of piperidine rings is 1. The summed E-state index contributed by atoms with van der Waals surface area (Å²) in [6, 6.07) is 12.4. The summed E-state index contributed by atoms with van der Waals surface area (Å²) in [4.78, 5) is 9.41. The minimum atomic E-state index is -0.256. The van der Waals surface area contributed by atoms with E-state index in [1.807, 2.05) is 13.0 Å². The predicted molar refractivity (Wildman–Crippen MR) is 122 cm³/mol. The van der Waals surface area contributed by atoms with Crippen LogP contribution in [-0.2, 0) is 0 Å². The highest BCUT2D eigenvalue weighted by Gasteiger charge is 2.42. The molecule has 2 aliphatic rings. The van der Waals surface area contributed by atoms with Gasteiger partial charge in [-0.05, 0) is 92.4 Å². The zero-order valence-corrected chi connectivity index (χ0v) is 18.3. The molecule has 1 fully saturated rings. The van der Waals surface area contributed by atoms with Gasteiger partial charge in [0.25, 0.3) is 0 Å². The van der Waals surface area contributed by atoms with E-state index in [9.17, 15) is 4.39 Å². The molecule has 4 rings (SSSR count). The van der Waals surface area contributed by atoms with Crippen LogP contribution in [0.25, 0.3) is 0 Å². The molecule has 1 unspecified atom stereocenters. The first-order valence-electron chi connectivity index (χ1n) is 10.3. The van der Waals surface area contributed by atoms with Crippen molar-refractivity contribution in [3.8, 4) is 0 Å². The van der Waals surface area contributed by atoms with Crippen molar-refractivity contribution in [2.75, 3.05) is 13.1 Å². The van der Waals surface area contributed by atoms with Crippen LogP contribution in [0.4, 0.5) is 10.1 Å². The number of nitrogens with zero attached hydrogens (tertiary/aromatic N) is 3. The van der Waals surface area contributed by atoms with Crippen molar-refractivity contribution in [2.24, 2.45) is 16.1 Å². The number of nitrogens with two attached hydrogens (primary N) is 1. The normalized spacial score (nSPS) is 24.7. The molecule has 156 valence electrons. The van der Waals surface area contributed by atoms with Gasteiger partial charge in [-0.2, -0.15) is 0 Å². The topological polar surface area (TPSA) is 54.5 Å². The minimum absolute atomic E-state index is 0.0576. The van der Waals surface area contributed by atoms with Crippen LogP contribution in [0.2, 0.25) is 0 Å². The van der Waals surface area contributed by atoms with Gasteiger partial charge >= 0.3 is 0 Å². The summed E-state index contributed by atoms with van der Waals surface area (Å²) in [5, 5.41) is 1.04. The fourth-order valence-electron chi connectivity index (χ4n) is 4.28. The maximum atomic E-state index is 13.2. The minimum Gasteiger partial charge on any atom is -0.404 e. The van der Waals surface area contributed by atoms with Crippen molar-refractivity contribution >= 4 is 23.3 Å². The number of hydrogen-bond acceptors (Lipinski definition) is 5. The SMILES string of the molecule is CCC12CC(=CN)C(=Nc3ccc(F)cc3)C=C1CCN(Sc1cccc(C)n1)C2. The second kappa shape index (κ2) is 8.74. The van der Waals surface area contributed by atoms with Gasteiger partial charge in [-0.15, -0.1) is 0 Å². The Balaban J connectivity index is 1.61. The number of allylic oxidation sites excluding steroid dienone is 2. The number of pyridine rings is 1. The van der Waals surface area contributed by atoms with Gasteiger partial charge in [0.05, 0.1) is 11.4 Å². The van der Waals surface area contributed by atoms with E-state index >= 15 is 0 Å². The van der Waals surface area contributed by atoms with Gasteiger partial charge in [0, 0.05) is 24.2 Å². The molecule has 1 atom stereocenters. The smallest absolute Gasteiger partial charge is 0.123 e. The van der Waals surface area contributed by atoms with Gasteiger partial charge in [-0.3, -0.25) is 0 Å². The molecule has 2 N–H and O–H groups in total. The van der Waals surface area contributed by atoms with E-state index in [1.54, 1.807) is 30.3 Å². The lowest BCUT2D eigenvalue weighted by molar-refractivity contribution is 0.215. The number of aryl methyl sites for hydroxylation is 1. The summed E-state index contributed by atoms with van der Waals surface area (Å²) in [6.45, 7) is 6.20. The fraction of sp³-hybridized carbons (Fsp3) is 0.333. The van der Waals surface area contributed by atoms with Crippen LogP contribution < -0.4 is 5.73 Å². The average Bonchev–Trinajstić information content (AvgIpc) is 2.75. The molecule has 0 saturated carbocycles. The van der Waals surface area contributed by atoms with E-state index in [0.29, 0.717) is 0 Å². The predicted octanol–water partition coefficient (Wildman–Crippen LogP) is 5.58. The van der Waals surface area contributed by atoms with Crippen LogP contribution in [0.3, 0.4) is 0 Å². The molecule has 1 aliphatic heterocycles. The molecule has 0 amide bonds. The third-order valence-corrected chi connectivity index (χ3v) is 6.98. The Morgan fingerprint density at radius 1 is 1.27 bits per heavy atom. The molecule has 1 aliphatic carbocycles. The second-order valence-corrected chi connectivity index (χ2v) is 9.08. The van der Waals surface area contributed by atoms with Crippen molar-refractivity contribution in [3.05, 3.63) is 77.4 Å². The fourth-order valence-corrected chi connectivity index (χ4v) is 5.37. The van der Waals surface area contributed by atoms with Crippen LogP contribution in [0, 0.1) is 18.2 Å². The third kappa shape index (κ3) is 4.35. The zero-order valence-electron chi connectivity index (χ0n) is 17.4. The number of fused-ring (bicyclic) bond motifs is 1. The first-order valence-corrected chi connectivity index (χ1v) is 11.1. The standard InChI is InChI=1S/C24H27FN4S/c1-3-24-14-18(15-26)22(28-21-9-7-20(25)8-10-21)13-19(24)11-12-29(16-24)30-23-6-4-5-17(2)27-23/h4-10,13,15H,3,11-12,14,16,26H2,1-2H3. The van der Waals surface area contributed by atoms with Crippen LogP contribution in [0.1, 0.15) is 31.9 Å². The maximum Gasteiger partial charge on any atom is 0.123 e. The van der Waals surface area contributed by atoms with Crippen molar-refractivity contribution in [1.82, 2.24) is 9.29 Å². The number of aromatic nitrogens is 1. The third-order valence-electron chi connectivity index (χ3n) is 6.00. The second-order valence-electron chi connectivity index (χ2n) is 7.97. The van der Waals surface area contributed by atoms with E-state index < -0.39 is 0 Å². The monoisotopic (exact) mass is 422 g/mol. The summed E-state index contributed by atoms with van der Waals surface area (Å²) < 4.78 is 15.7. The van der Waals surface area contributed by atoms with E-state index in [2.05, 4.69) is 34.4 Å². The lowest BCUT2D eigenvalue weighted by Gasteiger charge is -2.46. The summed E-state index contributed by atoms with van der Waals surface area (Å²) in [5.41, 5.74) is 11.2. The molecule has 1 aromatic heterocycles. The largest absolute Gasteiger partial charge is 0.404 e. The van der Waals surface area contributed by atoms with E-state index in [4.69, 9.17) is 10.7 Å². The van der Waals surface area contributed by atoms with E-state index in [1.165, 1.54) is 17.7 Å². The summed E-state index contributed by atoms with van der Waals surface area (Å²) in [6.07, 6.45) is 6.79.